The Kier molecular flexibility index (Phi) is 11.6. The van der Waals surface area contributed by atoms with Gasteiger partial charge in [-0.2, -0.15) is 0 Å². The number of esters is 1. The van der Waals surface area contributed by atoms with E-state index >= 15 is 0 Å². The number of rotatable bonds is 9. The summed E-state index contributed by atoms with van der Waals surface area (Å²) < 4.78 is 15.8. The SMILES string of the molecule is COCC1(COC(=O)C(C)(C)C)CCCCC1.COc1cc(Br)c(O)cc1C(O)(O)C(O)(O)NC=O. The molecule has 1 aliphatic rings. The van der Waals surface area contributed by atoms with Gasteiger partial charge in [0.2, 0.25) is 6.41 Å². The molecular weight excluding hydrogens is 542 g/mol. The van der Waals surface area contributed by atoms with Gasteiger partial charge in [-0.1, -0.05) is 19.3 Å². The van der Waals surface area contributed by atoms with E-state index in [0.717, 1.165) is 18.9 Å². The van der Waals surface area contributed by atoms with Crippen molar-refractivity contribution < 1.29 is 49.3 Å². The third kappa shape index (κ3) is 8.29. The van der Waals surface area contributed by atoms with E-state index in [1.807, 2.05) is 20.8 Å². The van der Waals surface area contributed by atoms with E-state index < -0.39 is 28.4 Å². The Balaban J connectivity index is 0.000000362. The summed E-state index contributed by atoms with van der Waals surface area (Å²) in [6.45, 7) is 6.87. The molecule has 0 saturated heterocycles. The predicted molar refractivity (Wildman–Crippen MR) is 133 cm³/mol. The molecule has 0 spiro atoms. The van der Waals surface area contributed by atoms with Crippen LogP contribution < -0.4 is 10.1 Å². The van der Waals surface area contributed by atoms with Gasteiger partial charge in [0, 0.05) is 12.5 Å². The number of aromatic hydroxyl groups is 1. The number of amides is 1. The van der Waals surface area contributed by atoms with Gasteiger partial charge in [0.05, 0.1) is 35.8 Å². The van der Waals surface area contributed by atoms with Crippen LogP contribution >= 0.6 is 15.9 Å². The smallest absolute Gasteiger partial charge is 0.311 e. The molecule has 0 aromatic heterocycles. The average Bonchev–Trinajstić information content (AvgIpc) is 2.79. The lowest BCUT2D eigenvalue weighted by Gasteiger charge is -2.36. The number of benzene rings is 1. The minimum absolute atomic E-state index is 0.0634. The van der Waals surface area contributed by atoms with E-state index in [1.165, 1.54) is 37.8 Å². The van der Waals surface area contributed by atoms with Crippen molar-refractivity contribution in [1.82, 2.24) is 5.32 Å². The lowest BCUT2D eigenvalue weighted by molar-refractivity contribution is -0.374. The molecule has 1 saturated carbocycles. The first-order chi connectivity index (χ1) is 16.6. The fourth-order valence-electron chi connectivity index (χ4n) is 3.73. The molecule has 1 aliphatic carbocycles. The zero-order valence-corrected chi connectivity index (χ0v) is 22.9. The number of ether oxygens (including phenoxy) is 3. The van der Waals surface area contributed by atoms with Crippen LogP contribution in [0.4, 0.5) is 0 Å². The standard InChI is InChI=1S/C14H26O3.C10H12BrNO7/c1-13(2,3)12(15)17-11-14(10-16-4)8-6-5-7-9-14;1-19-8-3-6(11)7(14)2-5(8)9(15,16)10(17,18)12-4-13/h5-11H2,1-4H3;2-4,14-18H,1H3,(H,12,13). The minimum atomic E-state index is -3.39. The normalized spacial score (nSPS) is 15.8. The van der Waals surface area contributed by atoms with Crippen LogP contribution in [-0.2, 0) is 24.8 Å². The van der Waals surface area contributed by atoms with Crippen molar-refractivity contribution in [2.75, 3.05) is 27.4 Å². The summed E-state index contributed by atoms with van der Waals surface area (Å²) in [6.07, 6.45) is 5.81. The van der Waals surface area contributed by atoms with Crippen molar-refractivity contribution >= 4 is 28.3 Å². The summed E-state index contributed by atoms with van der Waals surface area (Å²) in [5, 5.41) is 49.4. The molecular formula is C24H38BrNO10. The second-order valence-electron chi connectivity index (χ2n) is 9.93. The molecule has 0 unspecified atom stereocenters. The largest absolute Gasteiger partial charge is 0.507 e. The molecule has 0 heterocycles. The van der Waals surface area contributed by atoms with Crippen molar-refractivity contribution in [2.45, 2.75) is 64.6 Å². The van der Waals surface area contributed by atoms with Gasteiger partial charge in [-0.3, -0.25) is 9.59 Å². The van der Waals surface area contributed by atoms with Gasteiger partial charge in [0.15, 0.2) is 0 Å². The molecule has 206 valence electrons. The minimum Gasteiger partial charge on any atom is -0.507 e. The van der Waals surface area contributed by atoms with E-state index in [1.54, 1.807) is 7.11 Å². The highest BCUT2D eigenvalue weighted by Gasteiger charge is 2.51. The van der Waals surface area contributed by atoms with E-state index in [4.69, 9.17) is 14.2 Å². The molecule has 11 nitrogen and oxygen atoms in total. The first kappa shape index (κ1) is 32.1. The number of hydrogen-bond acceptors (Lipinski definition) is 10. The van der Waals surface area contributed by atoms with Crippen molar-refractivity contribution in [3.8, 4) is 11.5 Å². The summed E-state index contributed by atoms with van der Waals surface area (Å²) in [6, 6.07) is 2.03. The number of methoxy groups -OCH3 is 2. The quantitative estimate of drug-likeness (QED) is 0.144. The van der Waals surface area contributed by atoms with Crippen molar-refractivity contribution in [2.24, 2.45) is 10.8 Å². The Morgan fingerprint density at radius 3 is 2.14 bits per heavy atom. The molecule has 1 amide bonds. The van der Waals surface area contributed by atoms with Crippen LogP contribution in [0.2, 0.25) is 0 Å². The van der Waals surface area contributed by atoms with Gasteiger partial charge < -0.3 is 45.1 Å². The highest BCUT2D eigenvalue weighted by molar-refractivity contribution is 9.10. The Bertz CT molecular complexity index is 871. The molecule has 1 fully saturated rings. The van der Waals surface area contributed by atoms with Gasteiger partial charge in [0.1, 0.15) is 11.5 Å². The highest BCUT2D eigenvalue weighted by Crippen LogP contribution is 2.40. The van der Waals surface area contributed by atoms with Crippen LogP contribution in [-0.4, -0.2) is 71.3 Å². The van der Waals surface area contributed by atoms with Crippen LogP contribution in [0.15, 0.2) is 16.6 Å². The van der Waals surface area contributed by atoms with E-state index in [2.05, 4.69) is 15.9 Å². The second kappa shape index (κ2) is 13.0. The average molecular weight is 580 g/mol. The maximum Gasteiger partial charge on any atom is 0.311 e. The Morgan fingerprint density at radius 1 is 1.08 bits per heavy atom. The van der Waals surface area contributed by atoms with Crippen LogP contribution in [0.3, 0.4) is 0 Å². The zero-order chi connectivity index (χ0) is 27.8. The number of phenols is 1. The molecule has 1 aromatic carbocycles. The summed E-state index contributed by atoms with van der Waals surface area (Å²) in [5.41, 5.74) is -0.910. The molecule has 0 aliphatic heterocycles. The summed E-state index contributed by atoms with van der Waals surface area (Å²) >= 11 is 2.98. The maximum absolute atomic E-state index is 11.8. The fourth-order valence-corrected chi connectivity index (χ4v) is 4.05. The van der Waals surface area contributed by atoms with Gasteiger partial charge in [0.25, 0.3) is 5.79 Å². The van der Waals surface area contributed by atoms with Crippen LogP contribution in [0, 0.1) is 10.8 Å². The fraction of sp³-hybridized carbons (Fsp3) is 0.667. The number of aliphatic hydroxyl groups is 4. The number of carbonyl (C=O) groups excluding carboxylic acids is 2. The number of carbonyl (C=O) groups is 2. The first-order valence-corrected chi connectivity index (χ1v) is 12.2. The maximum atomic E-state index is 11.8. The summed E-state index contributed by atoms with van der Waals surface area (Å²) in [7, 11) is 2.92. The van der Waals surface area contributed by atoms with E-state index in [-0.39, 0.29) is 28.0 Å². The third-order valence-corrected chi connectivity index (χ3v) is 6.51. The molecule has 0 radical (unpaired) electrons. The molecule has 2 rings (SSSR count). The highest BCUT2D eigenvalue weighted by atomic mass is 79.9. The number of phenolic OH excluding ortho intramolecular Hbond substituents is 1. The second-order valence-corrected chi connectivity index (χ2v) is 10.8. The van der Waals surface area contributed by atoms with Gasteiger partial charge in [-0.05, 0) is 61.7 Å². The molecule has 36 heavy (non-hydrogen) atoms. The van der Waals surface area contributed by atoms with Gasteiger partial charge in [-0.25, -0.2) is 0 Å². The number of nitrogens with one attached hydrogen (secondary N) is 1. The lowest BCUT2D eigenvalue weighted by atomic mass is 9.75. The van der Waals surface area contributed by atoms with Crippen LogP contribution in [0.1, 0.15) is 58.4 Å². The molecule has 1 aromatic rings. The van der Waals surface area contributed by atoms with E-state index in [9.17, 15) is 35.1 Å². The van der Waals surface area contributed by atoms with Crippen LogP contribution in [0.5, 0.6) is 11.5 Å². The number of halogens is 1. The van der Waals surface area contributed by atoms with E-state index in [0.29, 0.717) is 13.2 Å². The topological polar surface area (TPSA) is 175 Å². The van der Waals surface area contributed by atoms with Gasteiger partial charge in [-0.15, -0.1) is 0 Å². The third-order valence-electron chi connectivity index (χ3n) is 5.88. The Morgan fingerprint density at radius 2 is 1.67 bits per heavy atom. The summed E-state index contributed by atoms with van der Waals surface area (Å²) in [4.78, 5) is 22.0. The molecule has 6 N–H and O–H groups in total. The Hall–Kier alpha value is -1.96. The van der Waals surface area contributed by atoms with Crippen molar-refractivity contribution in [1.29, 1.82) is 0 Å². The zero-order valence-electron chi connectivity index (χ0n) is 21.3. The van der Waals surface area contributed by atoms with Crippen molar-refractivity contribution in [3.05, 3.63) is 22.2 Å². The van der Waals surface area contributed by atoms with Crippen LogP contribution in [0.25, 0.3) is 0 Å². The summed E-state index contributed by atoms with van der Waals surface area (Å²) in [5.74, 6) is -7.38. The monoisotopic (exact) mass is 579 g/mol. The van der Waals surface area contributed by atoms with Crippen molar-refractivity contribution in [3.63, 3.8) is 0 Å². The number of hydrogen-bond donors (Lipinski definition) is 6. The lowest BCUT2D eigenvalue weighted by Crippen LogP contribution is -2.61. The predicted octanol–water partition coefficient (Wildman–Crippen LogP) is 1.86. The Labute approximate surface area is 219 Å². The molecule has 12 heteroatoms. The first-order valence-electron chi connectivity index (χ1n) is 11.4. The van der Waals surface area contributed by atoms with Gasteiger partial charge >= 0.3 is 11.9 Å². The molecule has 0 atom stereocenters. The molecule has 0 bridgehead atoms.